The molecule has 106 valence electrons. The SMILES string of the molecule is CC1(C)CCC(OC(=O)C(C)(N)C(F)(F)F)CC1. The predicted molar refractivity (Wildman–Crippen MR) is 60.8 cm³/mol. The summed E-state index contributed by atoms with van der Waals surface area (Å²) in [5.41, 5.74) is 2.24. The van der Waals surface area contributed by atoms with Gasteiger partial charge in [0.1, 0.15) is 6.10 Å². The summed E-state index contributed by atoms with van der Waals surface area (Å²) >= 11 is 0. The number of carbonyl (C=O) groups excluding carboxylic acids is 1. The second kappa shape index (κ2) is 4.72. The fraction of sp³-hybridized carbons (Fsp3) is 0.917. The maximum atomic E-state index is 12.5. The highest BCUT2D eigenvalue weighted by Gasteiger charge is 2.55. The van der Waals surface area contributed by atoms with Crippen molar-refractivity contribution >= 4 is 5.97 Å². The molecule has 6 heteroatoms. The summed E-state index contributed by atoms with van der Waals surface area (Å²) in [6, 6.07) is 0. The molecule has 0 heterocycles. The number of rotatable bonds is 2. The number of hydrogen-bond acceptors (Lipinski definition) is 3. The summed E-state index contributed by atoms with van der Waals surface area (Å²) in [6.07, 6.45) is -2.40. The van der Waals surface area contributed by atoms with Crippen molar-refractivity contribution in [3.63, 3.8) is 0 Å². The minimum atomic E-state index is -4.79. The Labute approximate surface area is 105 Å². The molecule has 18 heavy (non-hydrogen) atoms. The van der Waals surface area contributed by atoms with Crippen LogP contribution < -0.4 is 5.73 Å². The van der Waals surface area contributed by atoms with Gasteiger partial charge in [-0.3, -0.25) is 0 Å². The van der Waals surface area contributed by atoms with Gasteiger partial charge in [-0.2, -0.15) is 13.2 Å². The van der Waals surface area contributed by atoms with Crippen LogP contribution in [0.3, 0.4) is 0 Å². The van der Waals surface area contributed by atoms with E-state index in [2.05, 4.69) is 13.8 Å². The summed E-state index contributed by atoms with van der Waals surface area (Å²) < 4.78 is 42.5. The first kappa shape index (κ1) is 15.3. The van der Waals surface area contributed by atoms with Crippen LogP contribution >= 0.6 is 0 Å². The van der Waals surface area contributed by atoms with Crippen molar-refractivity contribution in [2.45, 2.75) is 64.3 Å². The van der Waals surface area contributed by atoms with Crippen molar-refractivity contribution in [2.24, 2.45) is 11.1 Å². The molecule has 0 aromatic rings. The van der Waals surface area contributed by atoms with Crippen LogP contribution in [0.15, 0.2) is 0 Å². The molecule has 1 saturated carbocycles. The van der Waals surface area contributed by atoms with Gasteiger partial charge in [0, 0.05) is 0 Å². The quantitative estimate of drug-likeness (QED) is 0.783. The zero-order valence-corrected chi connectivity index (χ0v) is 10.9. The Bertz CT molecular complexity index is 314. The predicted octanol–water partition coefficient (Wildman–Crippen LogP) is 2.78. The number of ether oxygens (including phenoxy) is 1. The molecule has 1 aliphatic rings. The molecule has 2 N–H and O–H groups in total. The molecule has 0 bridgehead atoms. The maximum Gasteiger partial charge on any atom is 0.416 e. The summed E-state index contributed by atoms with van der Waals surface area (Å²) in [5.74, 6) is -1.39. The van der Waals surface area contributed by atoms with Gasteiger partial charge in [0.2, 0.25) is 5.54 Å². The van der Waals surface area contributed by atoms with E-state index >= 15 is 0 Å². The van der Waals surface area contributed by atoms with Crippen LogP contribution in [0.4, 0.5) is 13.2 Å². The lowest BCUT2D eigenvalue weighted by atomic mass is 9.76. The van der Waals surface area contributed by atoms with Crippen LogP contribution in [0.25, 0.3) is 0 Å². The highest BCUT2D eigenvalue weighted by Crippen LogP contribution is 2.37. The largest absolute Gasteiger partial charge is 0.461 e. The van der Waals surface area contributed by atoms with E-state index in [1.165, 1.54) is 0 Å². The van der Waals surface area contributed by atoms with Crippen molar-refractivity contribution in [3.05, 3.63) is 0 Å². The van der Waals surface area contributed by atoms with Gasteiger partial charge < -0.3 is 10.5 Å². The molecule has 1 aliphatic carbocycles. The van der Waals surface area contributed by atoms with Crippen molar-refractivity contribution < 1.29 is 22.7 Å². The zero-order valence-electron chi connectivity index (χ0n) is 10.9. The molecule has 1 unspecified atom stereocenters. The first-order valence-corrected chi connectivity index (χ1v) is 6.02. The van der Waals surface area contributed by atoms with Crippen molar-refractivity contribution in [1.82, 2.24) is 0 Å². The average Bonchev–Trinajstić information content (AvgIpc) is 2.19. The van der Waals surface area contributed by atoms with E-state index in [-0.39, 0.29) is 5.41 Å². The number of carbonyl (C=O) groups is 1. The van der Waals surface area contributed by atoms with Crippen molar-refractivity contribution in [1.29, 1.82) is 0 Å². The number of hydrogen-bond donors (Lipinski definition) is 1. The number of nitrogens with two attached hydrogens (primary N) is 1. The molecule has 0 radical (unpaired) electrons. The monoisotopic (exact) mass is 267 g/mol. The lowest BCUT2D eigenvalue weighted by Crippen LogP contribution is -2.58. The normalized spacial score (nSPS) is 24.4. The second-order valence-electron chi connectivity index (χ2n) is 5.97. The van der Waals surface area contributed by atoms with Crippen LogP contribution in [-0.2, 0) is 9.53 Å². The van der Waals surface area contributed by atoms with Crippen LogP contribution in [0.2, 0.25) is 0 Å². The molecule has 3 nitrogen and oxygen atoms in total. The Morgan fingerprint density at radius 3 is 2.11 bits per heavy atom. The van der Waals surface area contributed by atoms with Crippen LogP contribution in [-0.4, -0.2) is 23.8 Å². The first-order chi connectivity index (χ1) is 7.96. The Kier molecular flexibility index (Phi) is 4.00. The Morgan fingerprint density at radius 2 is 1.72 bits per heavy atom. The molecule has 1 rings (SSSR count). The number of alkyl halides is 3. The van der Waals surface area contributed by atoms with Gasteiger partial charge in [0.25, 0.3) is 0 Å². The third-order valence-electron chi connectivity index (χ3n) is 3.57. The summed E-state index contributed by atoms with van der Waals surface area (Å²) in [7, 11) is 0. The lowest BCUT2D eigenvalue weighted by Gasteiger charge is -2.35. The molecule has 1 fully saturated rings. The van der Waals surface area contributed by atoms with E-state index in [1.807, 2.05) is 0 Å². The van der Waals surface area contributed by atoms with E-state index in [0.717, 1.165) is 12.8 Å². The van der Waals surface area contributed by atoms with Crippen LogP contribution in [0.5, 0.6) is 0 Å². The maximum absolute atomic E-state index is 12.5. The standard InChI is InChI=1S/C12H20F3NO2/c1-10(2)6-4-8(5-7-10)18-9(17)11(3,16)12(13,14)15/h8H,4-7,16H2,1-3H3. The van der Waals surface area contributed by atoms with Gasteiger partial charge in [-0.05, 0) is 38.0 Å². The fourth-order valence-electron chi connectivity index (χ4n) is 1.88. The van der Waals surface area contributed by atoms with E-state index in [4.69, 9.17) is 10.5 Å². The van der Waals surface area contributed by atoms with Crippen molar-refractivity contribution in [3.8, 4) is 0 Å². The van der Waals surface area contributed by atoms with E-state index in [1.54, 1.807) is 0 Å². The summed E-state index contributed by atoms with van der Waals surface area (Å²) in [4.78, 5) is 11.5. The van der Waals surface area contributed by atoms with Crippen LogP contribution in [0, 0.1) is 5.41 Å². The Morgan fingerprint density at radius 1 is 1.28 bits per heavy atom. The minimum absolute atomic E-state index is 0.166. The van der Waals surface area contributed by atoms with E-state index < -0.39 is 23.8 Å². The summed E-state index contributed by atoms with van der Waals surface area (Å²) in [6.45, 7) is 4.82. The summed E-state index contributed by atoms with van der Waals surface area (Å²) in [5, 5.41) is 0. The van der Waals surface area contributed by atoms with Crippen molar-refractivity contribution in [2.75, 3.05) is 0 Å². The molecular formula is C12H20F3NO2. The van der Waals surface area contributed by atoms with Gasteiger partial charge in [-0.1, -0.05) is 13.8 Å². The molecule has 0 aromatic heterocycles. The number of halogens is 3. The average molecular weight is 267 g/mol. The molecule has 0 spiro atoms. The topological polar surface area (TPSA) is 52.3 Å². The lowest BCUT2D eigenvalue weighted by molar-refractivity contribution is -0.206. The Hall–Kier alpha value is -0.780. The molecule has 0 saturated heterocycles. The molecule has 1 atom stereocenters. The van der Waals surface area contributed by atoms with Crippen LogP contribution in [0.1, 0.15) is 46.5 Å². The first-order valence-electron chi connectivity index (χ1n) is 6.02. The minimum Gasteiger partial charge on any atom is -0.461 e. The van der Waals surface area contributed by atoms with Gasteiger partial charge in [0.05, 0.1) is 0 Å². The van der Waals surface area contributed by atoms with Gasteiger partial charge in [0.15, 0.2) is 0 Å². The van der Waals surface area contributed by atoms with E-state index in [0.29, 0.717) is 19.8 Å². The van der Waals surface area contributed by atoms with Gasteiger partial charge in [-0.25, -0.2) is 4.79 Å². The van der Waals surface area contributed by atoms with E-state index in [9.17, 15) is 18.0 Å². The van der Waals surface area contributed by atoms with Gasteiger partial charge >= 0.3 is 12.1 Å². The second-order valence-corrected chi connectivity index (χ2v) is 5.97. The number of esters is 1. The Balaban J connectivity index is 2.57. The molecule has 0 aromatic carbocycles. The smallest absolute Gasteiger partial charge is 0.416 e. The molecule has 0 amide bonds. The fourth-order valence-corrected chi connectivity index (χ4v) is 1.88. The third kappa shape index (κ3) is 3.37. The zero-order chi connectivity index (χ0) is 14.2. The highest BCUT2D eigenvalue weighted by atomic mass is 19.4. The third-order valence-corrected chi connectivity index (χ3v) is 3.57. The molecule has 0 aliphatic heterocycles. The molecular weight excluding hydrogens is 247 g/mol. The van der Waals surface area contributed by atoms with Gasteiger partial charge in [-0.15, -0.1) is 0 Å². The highest BCUT2D eigenvalue weighted by molar-refractivity contribution is 5.81.